The summed E-state index contributed by atoms with van der Waals surface area (Å²) in [5, 5.41) is 2.81. The third-order valence-corrected chi connectivity index (χ3v) is 2.99. The van der Waals surface area contributed by atoms with E-state index in [2.05, 4.69) is 31.2 Å². The molecule has 1 aromatic heterocycles. The Kier molecular flexibility index (Phi) is 3.85. The third kappa shape index (κ3) is 3.38. The molecule has 2 aromatic rings. The number of anilines is 3. The molecular formula is C12H10BrF3N4. The highest BCUT2D eigenvalue weighted by Gasteiger charge is 2.33. The molecule has 2 rings (SSSR count). The van der Waals surface area contributed by atoms with Crippen LogP contribution in [0.2, 0.25) is 0 Å². The molecule has 0 aliphatic rings. The molecule has 1 heterocycles. The summed E-state index contributed by atoms with van der Waals surface area (Å²) in [6, 6.07) is 6.20. The number of rotatable bonds is 2. The second kappa shape index (κ2) is 5.28. The SMILES string of the molecule is Cc1ccc(Br)cc1Nc1cc(C(F)(F)F)nc(N)n1. The van der Waals surface area contributed by atoms with Gasteiger partial charge in [0.25, 0.3) is 0 Å². The zero-order valence-electron chi connectivity index (χ0n) is 10.3. The number of aryl methyl sites for hydroxylation is 1. The van der Waals surface area contributed by atoms with Crippen LogP contribution in [0.15, 0.2) is 28.7 Å². The fraction of sp³-hybridized carbons (Fsp3) is 0.167. The van der Waals surface area contributed by atoms with E-state index in [0.717, 1.165) is 16.1 Å². The smallest absolute Gasteiger partial charge is 0.368 e. The average molecular weight is 347 g/mol. The van der Waals surface area contributed by atoms with Crippen molar-refractivity contribution in [3.05, 3.63) is 40.0 Å². The van der Waals surface area contributed by atoms with Crippen LogP contribution < -0.4 is 11.1 Å². The molecule has 0 fully saturated rings. The maximum absolute atomic E-state index is 12.6. The zero-order valence-corrected chi connectivity index (χ0v) is 11.9. The quantitative estimate of drug-likeness (QED) is 0.865. The number of halogens is 4. The van der Waals surface area contributed by atoms with E-state index in [1.54, 1.807) is 6.07 Å². The van der Waals surface area contributed by atoms with E-state index in [0.29, 0.717) is 5.69 Å². The molecular weight excluding hydrogens is 337 g/mol. The number of nitrogens with one attached hydrogen (secondary N) is 1. The summed E-state index contributed by atoms with van der Waals surface area (Å²) < 4.78 is 38.7. The lowest BCUT2D eigenvalue weighted by atomic mass is 10.2. The molecule has 0 saturated carbocycles. The number of hydrogen-bond acceptors (Lipinski definition) is 4. The number of nitrogens with two attached hydrogens (primary N) is 1. The molecule has 0 amide bonds. The third-order valence-electron chi connectivity index (χ3n) is 2.50. The normalized spacial score (nSPS) is 11.4. The molecule has 0 aliphatic carbocycles. The zero-order chi connectivity index (χ0) is 14.9. The van der Waals surface area contributed by atoms with E-state index >= 15 is 0 Å². The Morgan fingerprint density at radius 1 is 1.20 bits per heavy atom. The van der Waals surface area contributed by atoms with E-state index in [1.807, 2.05) is 19.1 Å². The van der Waals surface area contributed by atoms with Crippen molar-refractivity contribution in [2.45, 2.75) is 13.1 Å². The highest BCUT2D eigenvalue weighted by atomic mass is 79.9. The van der Waals surface area contributed by atoms with Gasteiger partial charge in [-0.3, -0.25) is 0 Å². The summed E-state index contributed by atoms with van der Waals surface area (Å²) >= 11 is 3.29. The number of alkyl halides is 3. The molecule has 8 heteroatoms. The van der Waals surface area contributed by atoms with Crippen LogP contribution in [0.25, 0.3) is 0 Å². The van der Waals surface area contributed by atoms with Crippen molar-refractivity contribution in [2.75, 3.05) is 11.1 Å². The van der Waals surface area contributed by atoms with Gasteiger partial charge in [-0.1, -0.05) is 22.0 Å². The molecule has 0 unspecified atom stereocenters. The van der Waals surface area contributed by atoms with Gasteiger partial charge in [0, 0.05) is 16.2 Å². The van der Waals surface area contributed by atoms with Crippen molar-refractivity contribution < 1.29 is 13.2 Å². The summed E-state index contributed by atoms with van der Waals surface area (Å²) in [7, 11) is 0. The van der Waals surface area contributed by atoms with Crippen molar-refractivity contribution in [2.24, 2.45) is 0 Å². The molecule has 0 saturated heterocycles. The lowest BCUT2D eigenvalue weighted by molar-refractivity contribution is -0.141. The lowest BCUT2D eigenvalue weighted by Gasteiger charge is -2.12. The monoisotopic (exact) mass is 346 g/mol. The van der Waals surface area contributed by atoms with Crippen molar-refractivity contribution >= 4 is 33.4 Å². The molecule has 1 aromatic carbocycles. The molecule has 0 bridgehead atoms. The van der Waals surface area contributed by atoms with E-state index in [1.165, 1.54) is 0 Å². The van der Waals surface area contributed by atoms with Crippen LogP contribution in [0.3, 0.4) is 0 Å². The van der Waals surface area contributed by atoms with E-state index in [-0.39, 0.29) is 5.82 Å². The van der Waals surface area contributed by atoms with Crippen LogP contribution in [0.1, 0.15) is 11.3 Å². The number of nitrogen functional groups attached to an aromatic ring is 1. The van der Waals surface area contributed by atoms with Crippen LogP contribution in [0, 0.1) is 6.92 Å². The Bertz CT molecular complexity index is 643. The Balaban J connectivity index is 2.39. The number of nitrogens with zero attached hydrogens (tertiary/aromatic N) is 2. The van der Waals surface area contributed by atoms with Gasteiger partial charge in [0.15, 0.2) is 5.69 Å². The largest absolute Gasteiger partial charge is 0.433 e. The standard InChI is InChI=1S/C12H10BrF3N4/c1-6-2-3-7(13)4-8(6)18-10-5-9(12(14,15)16)19-11(17)20-10/h2-5H,1H3,(H3,17,18,19,20). The van der Waals surface area contributed by atoms with Crippen LogP contribution in [0.4, 0.5) is 30.6 Å². The fourth-order valence-corrected chi connectivity index (χ4v) is 1.90. The second-order valence-corrected chi connectivity index (χ2v) is 4.99. The van der Waals surface area contributed by atoms with Crippen LogP contribution in [-0.2, 0) is 6.18 Å². The van der Waals surface area contributed by atoms with Gasteiger partial charge >= 0.3 is 6.18 Å². The van der Waals surface area contributed by atoms with Gasteiger partial charge in [-0.15, -0.1) is 0 Å². The van der Waals surface area contributed by atoms with E-state index in [4.69, 9.17) is 5.73 Å². The van der Waals surface area contributed by atoms with Crippen molar-refractivity contribution in [3.63, 3.8) is 0 Å². The van der Waals surface area contributed by atoms with Gasteiger partial charge in [-0.25, -0.2) is 4.98 Å². The number of aromatic nitrogens is 2. The number of benzene rings is 1. The van der Waals surface area contributed by atoms with E-state index < -0.39 is 17.8 Å². The highest BCUT2D eigenvalue weighted by molar-refractivity contribution is 9.10. The molecule has 0 spiro atoms. The topological polar surface area (TPSA) is 63.8 Å². The predicted molar refractivity (Wildman–Crippen MR) is 73.6 cm³/mol. The Morgan fingerprint density at radius 3 is 2.55 bits per heavy atom. The summed E-state index contributed by atoms with van der Waals surface area (Å²) in [5.74, 6) is -0.444. The molecule has 0 atom stereocenters. The first-order valence-electron chi connectivity index (χ1n) is 5.50. The minimum absolute atomic E-state index is 0.00831. The lowest BCUT2D eigenvalue weighted by Crippen LogP contribution is -2.12. The van der Waals surface area contributed by atoms with Gasteiger partial charge in [-0.2, -0.15) is 18.2 Å². The van der Waals surface area contributed by atoms with Gasteiger partial charge in [0.05, 0.1) is 0 Å². The Hall–Kier alpha value is -1.83. The molecule has 3 N–H and O–H groups in total. The van der Waals surface area contributed by atoms with Crippen molar-refractivity contribution in [1.29, 1.82) is 0 Å². The molecule has 0 radical (unpaired) electrons. The van der Waals surface area contributed by atoms with Gasteiger partial charge in [0.1, 0.15) is 5.82 Å². The predicted octanol–water partition coefficient (Wildman–Crippen LogP) is 3.89. The maximum atomic E-state index is 12.6. The van der Waals surface area contributed by atoms with Crippen molar-refractivity contribution in [1.82, 2.24) is 9.97 Å². The number of hydrogen-bond donors (Lipinski definition) is 2. The average Bonchev–Trinajstić information content (AvgIpc) is 2.32. The van der Waals surface area contributed by atoms with Crippen molar-refractivity contribution in [3.8, 4) is 0 Å². The first kappa shape index (κ1) is 14.6. The first-order chi connectivity index (χ1) is 9.25. The molecule has 20 heavy (non-hydrogen) atoms. The fourth-order valence-electron chi connectivity index (χ4n) is 1.54. The first-order valence-corrected chi connectivity index (χ1v) is 6.30. The summed E-state index contributed by atoms with van der Waals surface area (Å²) in [6.07, 6.45) is -4.57. The summed E-state index contributed by atoms with van der Waals surface area (Å²) in [4.78, 5) is 6.93. The van der Waals surface area contributed by atoms with Crippen LogP contribution >= 0.6 is 15.9 Å². The molecule has 4 nitrogen and oxygen atoms in total. The Labute approximate surface area is 121 Å². The highest BCUT2D eigenvalue weighted by Crippen LogP contribution is 2.30. The molecule has 106 valence electrons. The van der Waals surface area contributed by atoms with Crippen LogP contribution in [0.5, 0.6) is 0 Å². The van der Waals surface area contributed by atoms with Crippen LogP contribution in [-0.4, -0.2) is 9.97 Å². The molecule has 0 aliphatic heterocycles. The van der Waals surface area contributed by atoms with Gasteiger partial charge < -0.3 is 11.1 Å². The maximum Gasteiger partial charge on any atom is 0.433 e. The summed E-state index contributed by atoms with van der Waals surface area (Å²) in [6.45, 7) is 1.82. The minimum atomic E-state index is -4.57. The minimum Gasteiger partial charge on any atom is -0.368 e. The second-order valence-electron chi connectivity index (χ2n) is 4.08. The van der Waals surface area contributed by atoms with E-state index in [9.17, 15) is 13.2 Å². The Morgan fingerprint density at radius 2 is 1.90 bits per heavy atom. The summed E-state index contributed by atoms with van der Waals surface area (Å²) in [5.41, 5.74) is 5.71. The van der Waals surface area contributed by atoms with Gasteiger partial charge in [-0.05, 0) is 24.6 Å². The van der Waals surface area contributed by atoms with Gasteiger partial charge in [0.2, 0.25) is 5.95 Å².